The van der Waals surface area contributed by atoms with Gasteiger partial charge >= 0.3 is 0 Å². The quantitative estimate of drug-likeness (QED) is 0.449. The van der Waals surface area contributed by atoms with Gasteiger partial charge in [-0.05, 0) is 60.2 Å². The van der Waals surface area contributed by atoms with Crippen LogP contribution in [0.2, 0.25) is 0 Å². The summed E-state index contributed by atoms with van der Waals surface area (Å²) in [5.41, 5.74) is 1.37. The van der Waals surface area contributed by atoms with Crippen molar-refractivity contribution < 1.29 is 32.2 Å². The van der Waals surface area contributed by atoms with Crippen LogP contribution in [0, 0.1) is 0 Å². The highest BCUT2D eigenvalue weighted by molar-refractivity contribution is 7.92. The summed E-state index contributed by atoms with van der Waals surface area (Å²) in [4.78, 5) is 12.5. The fourth-order valence-corrected chi connectivity index (χ4v) is 4.47. The lowest BCUT2D eigenvalue weighted by Gasteiger charge is -2.14. The minimum Gasteiger partial charge on any atom is -0.497 e. The van der Waals surface area contributed by atoms with Crippen molar-refractivity contribution in [3.63, 3.8) is 0 Å². The zero-order chi connectivity index (χ0) is 24.7. The van der Waals surface area contributed by atoms with Gasteiger partial charge in [-0.3, -0.25) is 9.52 Å². The van der Waals surface area contributed by atoms with E-state index in [4.69, 9.17) is 18.9 Å². The number of anilines is 2. The van der Waals surface area contributed by atoms with Gasteiger partial charge in [-0.2, -0.15) is 0 Å². The van der Waals surface area contributed by atoms with E-state index in [0.29, 0.717) is 34.2 Å². The monoisotopic (exact) mass is 486 g/mol. The van der Waals surface area contributed by atoms with Crippen LogP contribution in [-0.4, -0.2) is 42.8 Å². The molecule has 0 bridgehead atoms. The lowest BCUT2D eigenvalue weighted by Crippen LogP contribution is -2.17. The molecule has 0 heterocycles. The van der Waals surface area contributed by atoms with Crippen molar-refractivity contribution in [1.82, 2.24) is 0 Å². The highest BCUT2D eigenvalue weighted by Crippen LogP contribution is 2.30. The number of amides is 1. The zero-order valence-electron chi connectivity index (χ0n) is 19.2. The summed E-state index contributed by atoms with van der Waals surface area (Å²) in [5.74, 6) is 1.47. The van der Waals surface area contributed by atoms with E-state index in [1.807, 2.05) is 0 Å². The summed E-state index contributed by atoms with van der Waals surface area (Å²) in [5, 5.41) is 2.72. The predicted octanol–water partition coefficient (Wildman–Crippen LogP) is 3.70. The summed E-state index contributed by atoms with van der Waals surface area (Å²) in [6, 6.07) is 16.0. The van der Waals surface area contributed by atoms with Crippen molar-refractivity contribution in [2.24, 2.45) is 0 Å². The van der Waals surface area contributed by atoms with Gasteiger partial charge in [0, 0.05) is 11.4 Å². The van der Waals surface area contributed by atoms with E-state index in [9.17, 15) is 13.2 Å². The van der Waals surface area contributed by atoms with Crippen molar-refractivity contribution in [1.29, 1.82) is 0 Å². The Hall–Kier alpha value is -3.92. The zero-order valence-corrected chi connectivity index (χ0v) is 20.1. The fourth-order valence-electron chi connectivity index (χ4n) is 3.21. The third kappa shape index (κ3) is 5.90. The van der Waals surface area contributed by atoms with Crippen molar-refractivity contribution >= 4 is 27.3 Å². The first kappa shape index (κ1) is 24.7. The van der Waals surface area contributed by atoms with Crippen LogP contribution in [0.3, 0.4) is 0 Å². The van der Waals surface area contributed by atoms with Gasteiger partial charge in [0.05, 0.1) is 34.9 Å². The summed E-state index contributed by atoms with van der Waals surface area (Å²) in [6.07, 6.45) is 0.0541. The van der Waals surface area contributed by atoms with Gasteiger partial charge in [-0.25, -0.2) is 8.42 Å². The van der Waals surface area contributed by atoms with Gasteiger partial charge in [0.2, 0.25) is 5.91 Å². The van der Waals surface area contributed by atoms with Crippen molar-refractivity contribution in [2.45, 2.75) is 11.3 Å². The molecular formula is C24H26N2O7S. The normalized spacial score (nSPS) is 10.8. The Morgan fingerprint density at radius 3 is 1.97 bits per heavy atom. The number of nitrogens with one attached hydrogen (secondary N) is 2. The number of hydrogen-bond donors (Lipinski definition) is 2. The Morgan fingerprint density at radius 1 is 0.735 bits per heavy atom. The maximum Gasteiger partial charge on any atom is 0.265 e. The number of benzene rings is 3. The first-order chi connectivity index (χ1) is 16.3. The van der Waals surface area contributed by atoms with Gasteiger partial charge < -0.3 is 24.3 Å². The number of carbonyl (C=O) groups is 1. The molecule has 0 fully saturated rings. The molecule has 0 radical (unpaired) electrons. The molecule has 0 spiro atoms. The fraction of sp³-hybridized carbons (Fsp3) is 0.208. The van der Waals surface area contributed by atoms with Crippen LogP contribution in [0.25, 0.3) is 0 Å². The number of ether oxygens (including phenoxy) is 4. The minimum absolute atomic E-state index is 0.0541. The van der Waals surface area contributed by atoms with E-state index in [-0.39, 0.29) is 23.0 Å². The number of hydrogen-bond acceptors (Lipinski definition) is 7. The second-order valence-corrected chi connectivity index (χ2v) is 8.76. The third-order valence-corrected chi connectivity index (χ3v) is 6.29. The highest BCUT2D eigenvalue weighted by Gasteiger charge is 2.21. The topological polar surface area (TPSA) is 112 Å². The Balaban J connectivity index is 1.79. The Bertz CT molecular complexity index is 1260. The van der Waals surface area contributed by atoms with Crippen molar-refractivity contribution in [3.8, 4) is 23.0 Å². The van der Waals surface area contributed by atoms with E-state index in [0.717, 1.165) is 0 Å². The smallest absolute Gasteiger partial charge is 0.265 e. The van der Waals surface area contributed by atoms with Crippen molar-refractivity contribution in [3.05, 3.63) is 66.2 Å². The van der Waals surface area contributed by atoms with Crippen LogP contribution in [-0.2, 0) is 21.2 Å². The summed E-state index contributed by atoms with van der Waals surface area (Å²) >= 11 is 0. The first-order valence-electron chi connectivity index (χ1n) is 10.1. The molecule has 1 amide bonds. The molecule has 3 aromatic carbocycles. The minimum atomic E-state index is -4.01. The molecule has 34 heavy (non-hydrogen) atoms. The third-order valence-electron chi connectivity index (χ3n) is 4.89. The number of rotatable bonds is 10. The van der Waals surface area contributed by atoms with E-state index in [2.05, 4.69) is 10.0 Å². The van der Waals surface area contributed by atoms with Crippen LogP contribution < -0.4 is 29.0 Å². The second-order valence-electron chi connectivity index (χ2n) is 7.11. The molecule has 0 aliphatic carbocycles. The van der Waals surface area contributed by atoms with E-state index in [1.54, 1.807) is 48.5 Å². The van der Waals surface area contributed by atoms with E-state index < -0.39 is 10.0 Å². The Labute approximate surface area is 198 Å². The SMILES string of the molecule is COc1ccc(NS(=O)(=O)c2cc(NC(=O)Cc3ccc(OC)c(OC)c3)ccc2OC)cc1. The van der Waals surface area contributed by atoms with Gasteiger partial charge in [-0.1, -0.05) is 6.07 Å². The molecule has 3 rings (SSSR count). The molecular weight excluding hydrogens is 460 g/mol. The second kappa shape index (κ2) is 10.8. The van der Waals surface area contributed by atoms with Crippen LogP contribution >= 0.6 is 0 Å². The predicted molar refractivity (Wildman–Crippen MR) is 129 cm³/mol. The molecule has 0 saturated carbocycles. The van der Waals surface area contributed by atoms with Gasteiger partial charge in [-0.15, -0.1) is 0 Å². The van der Waals surface area contributed by atoms with E-state index >= 15 is 0 Å². The van der Waals surface area contributed by atoms with Crippen LogP contribution in [0.5, 0.6) is 23.0 Å². The average molecular weight is 487 g/mol. The molecule has 3 aromatic rings. The molecule has 0 aliphatic heterocycles. The summed E-state index contributed by atoms with van der Waals surface area (Å²) in [6.45, 7) is 0. The molecule has 0 unspecified atom stereocenters. The lowest BCUT2D eigenvalue weighted by atomic mass is 10.1. The molecule has 180 valence electrons. The Kier molecular flexibility index (Phi) is 7.85. The maximum absolute atomic E-state index is 13.0. The van der Waals surface area contributed by atoms with Crippen molar-refractivity contribution in [2.75, 3.05) is 38.5 Å². The Morgan fingerprint density at radius 2 is 1.35 bits per heavy atom. The molecule has 10 heteroatoms. The maximum atomic E-state index is 13.0. The largest absolute Gasteiger partial charge is 0.497 e. The van der Waals surface area contributed by atoms with Gasteiger partial charge in [0.15, 0.2) is 11.5 Å². The van der Waals surface area contributed by atoms with Crippen LogP contribution in [0.4, 0.5) is 11.4 Å². The number of carbonyl (C=O) groups excluding carboxylic acids is 1. The molecule has 0 aliphatic rings. The van der Waals surface area contributed by atoms with Gasteiger partial charge in [0.25, 0.3) is 10.0 Å². The van der Waals surface area contributed by atoms with E-state index in [1.165, 1.54) is 40.6 Å². The standard InChI is InChI=1S/C24H26N2O7S/c1-30-19-9-6-17(7-10-19)26-34(28,29)23-15-18(8-12-21(23)32-3)25-24(27)14-16-5-11-20(31-2)22(13-16)33-4/h5-13,15,26H,14H2,1-4H3,(H,25,27). The summed E-state index contributed by atoms with van der Waals surface area (Å²) < 4.78 is 49.4. The number of methoxy groups -OCH3 is 4. The van der Waals surface area contributed by atoms with Crippen LogP contribution in [0.1, 0.15) is 5.56 Å². The average Bonchev–Trinajstić information content (AvgIpc) is 2.84. The molecule has 9 nitrogen and oxygen atoms in total. The lowest BCUT2D eigenvalue weighted by molar-refractivity contribution is -0.115. The van der Waals surface area contributed by atoms with Gasteiger partial charge in [0.1, 0.15) is 16.4 Å². The number of sulfonamides is 1. The molecule has 2 N–H and O–H groups in total. The molecule has 0 aromatic heterocycles. The summed E-state index contributed by atoms with van der Waals surface area (Å²) in [7, 11) is 1.93. The molecule has 0 atom stereocenters. The highest BCUT2D eigenvalue weighted by atomic mass is 32.2. The molecule has 0 saturated heterocycles. The first-order valence-corrected chi connectivity index (χ1v) is 11.6. The van der Waals surface area contributed by atoms with Crippen LogP contribution in [0.15, 0.2) is 65.6 Å².